The fourth-order valence-corrected chi connectivity index (χ4v) is 3.94. The van der Waals surface area contributed by atoms with Crippen molar-refractivity contribution in [2.75, 3.05) is 32.1 Å². The van der Waals surface area contributed by atoms with Gasteiger partial charge >= 0.3 is 6.03 Å². The van der Waals surface area contributed by atoms with Gasteiger partial charge in [0.25, 0.3) is 0 Å². The highest BCUT2D eigenvalue weighted by atomic mass is 16.6. The topological polar surface area (TPSA) is 79.9 Å². The lowest BCUT2D eigenvalue weighted by Crippen LogP contribution is -2.35. The number of urea groups is 1. The van der Waals surface area contributed by atoms with Gasteiger partial charge in [-0.25, -0.2) is 4.79 Å². The van der Waals surface area contributed by atoms with Crippen molar-refractivity contribution < 1.29 is 19.1 Å². The van der Waals surface area contributed by atoms with Crippen molar-refractivity contribution >= 4 is 17.6 Å². The fourth-order valence-electron chi connectivity index (χ4n) is 3.94. The van der Waals surface area contributed by atoms with Crippen LogP contribution >= 0.6 is 0 Å². The second-order valence-corrected chi connectivity index (χ2v) is 7.16. The molecule has 0 bridgehead atoms. The molecule has 0 unspecified atom stereocenters. The van der Waals surface area contributed by atoms with Crippen molar-refractivity contribution in [1.29, 1.82) is 0 Å². The Kier molecular flexibility index (Phi) is 5.55. The van der Waals surface area contributed by atoms with Crippen LogP contribution in [0.15, 0.2) is 42.5 Å². The largest absolute Gasteiger partial charge is 0.486 e. The Morgan fingerprint density at radius 1 is 1.10 bits per heavy atom. The molecule has 2 aromatic carbocycles. The van der Waals surface area contributed by atoms with Crippen LogP contribution in [0.5, 0.6) is 11.5 Å². The summed E-state index contributed by atoms with van der Waals surface area (Å²) < 4.78 is 11.6. The molecule has 0 aliphatic carbocycles. The number of rotatable bonds is 4. The van der Waals surface area contributed by atoms with Gasteiger partial charge in [0.15, 0.2) is 11.5 Å². The van der Waals surface area contributed by atoms with Crippen molar-refractivity contribution in [3.8, 4) is 11.5 Å². The van der Waals surface area contributed by atoms with Gasteiger partial charge in [-0.3, -0.25) is 4.79 Å². The summed E-state index contributed by atoms with van der Waals surface area (Å²) in [6, 6.07) is 13.0. The standard InChI is InChI=1S/C22H25N3O4/c1-23-20(26)14-15-6-2-3-8-17(15)24-22(27)25-11-5-9-18(25)16-7-4-10-19-21(16)29-13-12-28-19/h2-4,6-8,10,18H,5,9,11-14H2,1H3,(H,23,26)(H,24,27)/t18-/m1/s1. The molecular formula is C22H25N3O4. The summed E-state index contributed by atoms with van der Waals surface area (Å²) in [6.45, 7) is 1.71. The van der Waals surface area contributed by atoms with E-state index in [1.54, 1.807) is 7.05 Å². The van der Waals surface area contributed by atoms with Crippen LogP contribution in [-0.4, -0.2) is 43.6 Å². The number of likely N-dealkylation sites (N-methyl/N-ethyl adjacent to an activating group) is 1. The lowest BCUT2D eigenvalue weighted by atomic mass is 10.0. The lowest BCUT2D eigenvalue weighted by molar-refractivity contribution is -0.119. The van der Waals surface area contributed by atoms with Crippen LogP contribution in [0.25, 0.3) is 0 Å². The zero-order chi connectivity index (χ0) is 20.2. The number of nitrogens with one attached hydrogen (secondary N) is 2. The van der Waals surface area contributed by atoms with Gasteiger partial charge in [-0.05, 0) is 30.5 Å². The number of hydrogen-bond acceptors (Lipinski definition) is 4. The third kappa shape index (κ3) is 3.99. The molecule has 1 atom stereocenters. The molecule has 1 saturated heterocycles. The molecular weight excluding hydrogens is 370 g/mol. The van der Waals surface area contributed by atoms with Crippen LogP contribution in [0, 0.1) is 0 Å². The molecule has 7 nitrogen and oxygen atoms in total. The molecule has 2 N–H and O–H groups in total. The van der Waals surface area contributed by atoms with E-state index >= 15 is 0 Å². The van der Waals surface area contributed by atoms with Gasteiger partial charge in [-0.2, -0.15) is 0 Å². The highest BCUT2D eigenvalue weighted by molar-refractivity contribution is 5.92. The summed E-state index contributed by atoms with van der Waals surface area (Å²) in [5, 5.41) is 5.62. The maximum absolute atomic E-state index is 13.1. The number of nitrogens with zero attached hydrogens (tertiary/aromatic N) is 1. The number of para-hydroxylation sites is 2. The Balaban J connectivity index is 1.55. The predicted octanol–water partition coefficient (Wildman–Crippen LogP) is 3.12. The summed E-state index contributed by atoms with van der Waals surface area (Å²) in [5.41, 5.74) is 2.42. The Morgan fingerprint density at radius 3 is 2.79 bits per heavy atom. The van der Waals surface area contributed by atoms with Crippen LogP contribution in [0.3, 0.4) is 0 Å². The normalized spacial score (nSPS) is 17.7. The first kappa shape index (κ1) is 19.1. The second-order valence-electron chi connectivity index (χ2n) is 7.16. The van der Waals surface area contributed by atoms with Gasteiger partial charge in [0.05, 0.1) is 12.5 Å². The Labute approximate surface area is 170 Å². The molecule has 2 heterocycles. The number of fused-ring (bicyclic) bond motifs is 1. The highest BCUT2D eigenvalue weighted by Gasteiger charge is 2.33. The van der Waals surface area contributed by atoms with Gasteiger partial charge in [0, 0.05) is 24.8 Å². The molecule has 29 heavy (non-hydrogen) atoms. The molecule has 2 aromatic rings. The molecule has 7 heteroatoms. The molecule has 0 aromatic heterocycles. The number of carbonyl (C=O) groups is 2. The number of amides is 3. The van der Waals surface area contributed by atoms with Crippen LogP contribution in [0.1, 0.15) is 30.0 Å². The third-order valence-electron chi connectivity index (χ3n) is 5.36. The summed E-state index contributed by atoms with van der Waals surface area (Å²) in [7, 11) is 1.60. The summed E-state index contributed by atoms with van der Waals surface area (Å²) in [5.74, 6) is 1.37. The summed E-state index contributed by atoms with van der Waals surface area (Å²) in [4.78, 5) is 26.7. The minimum absolute atomic E-state index is 0.0715. The first-order valence-corrected chi connectivity index (χ1v) is 9.92. The van der Waals surface area contributed by atoms with Crippen LogP contribution < -0.4 is 20.1 Å². The van der Waals surface area contributed by atoms with E-state index in [1.807, 2.05) is 47.4 Å². The van der Waals surface area contributed by atoms with E-state index in [-0.39, 0.29) is 24.4 Å². The molecule has 1 fully saturated rings. The zero-order valence-electron chi connectivity index (χ0n) is 16.4. The molecule has 4 rings (SSSR count). The number of benzene rings is 2. The van der Waals surface area contributed by atoms with Crippen molar-refractivity contribution in [3.63, 3.8) is 0 Å². The molecule has 2 aliphatic rings. The van der Waals surface area contributed by atoms with Gasteiger partial charge in [0.1, 0.15) is 13.2 Å². The summed E-state index contributed by atoms with van der Waals surface area (Å²) in [6.07, 6.45) is 2.00. The van der Waals surface area contributed by atoms with Gasteiger partial charge in [0.2, 0.25) is 5.91 Å². The Hall–Kier alpha value is -3.22. The van der Waals surface area contributed by atoms with E-state index in [2.05, 4.69) is 10.6 Å². The summed E-state index contributed by atoms with van der Waals surface area (Å²) >= 11 is 0. The van der Waals surface area contributed by atoms with E-state index in [9.17, 15) is 9.59 Å². The van der Waals surface area contributed by atoms with Gasteiger partial charge < -0.3 is 25.0 Å². The smallest absolute Gasteiger partial charge is 0.322 e. The van der Waals surface area contributed by atoms with Gasteiger partial charge in [-0.1, -0.05) is 30.3 Å². The highest BCUT2D eigenvalue weighted by Crippen LogP contribution is 2.42. The minimum Gasteiger partial charge on any atom is -0.486 e. The van der Waals surface area contributed by atoms with Crippen LogP contribution in [0.4, 0.5) is 10.5 Å². The average molecular weight is 395 g/mol. The Morgan fingerprint density at radius 2 is 1.93 bits per heavy atom. The van der Waals surface area contributed by atoms with Gasteiger partial charge in [-0.15, -0.1) is 0 Å². The van der Waals surface area contributed by atoms with Crippen molar-refractivity contribution in [2.45, 2.75) is 25.3 Å². The first-order chi connectivity index (χ1) is 14.2. The average Bonchev–Trinajstić information content (AvgIpc) is 3.24. The van der Waals surface area contributed by atoms with Crippen LogP contribution in [0.2, 0.25) is 0 Å². The predicted molar refractivity (Wildman–Crippen MR) is 109 cm³/mol. The lowest BCUT2D eigenvalue weighted by Gasteiger charge is -2.29. The minimum atomic E-state index is -0.175. The van der Waals surface area contributed by atoms with E-state index < -0.39 is 0 Å². The third-order valence-corrected chi connectivity index (χ3v) is 5.36. The number of carbonyl (C=O) groups excluding carboxylic acids is 2. The Bertz CT molecular complexity index is 915. The SMILES string of the molecule is CNC(=O)Cc1ccccc1NC(=O)N1CCC[C@@H]1c1cccc2c1OCCO2. The van der Waals surface area contributed by atoms with Crippen molar-refractivity contribution in [2.24, 2.45) is 0 Å². The van der Waals surface area contributed by atoms with E-state index in [4.69, 9.17) is 9.47 Å². The van der Waals surface area contributed by atoms with Crippen molar-refractivity contribution in [1.82, 2.24) is 10.2 Å². The number of ether oxygens (including phenoxy) is 2. The molecule has 152 valence electrons. The fraction of sp³-hybridized carbons (Fsp3) is 0.364. The molecule has 0 spiro atoms. The number of likely N-dealkylation sites (tertiary alicyclic amines) is 1. The maximum atomic E-state index is 13.1. The maximum Gasteiger partial charge on any atom is 0.322 e. The van der Waals surface area contributed by atoms with E-state index in [0.717, 1.165) is 35.5 Å². The second kappa shape index (κ2) is 8.43. The molecule has 2 aliphatic heterocycles. The quantitative estimate of drug-likeness (QED) is 0.834. The zero-order valence-corrected chi connectivity index (χ0v) is 16.4. The number of anilines is 1. The molecule has 0 radical (unpaired) electrons. The molecule has 0 saturated carbocycles. The van der Waals surface area contributed by atoms with E-state index in [1.165, 1.54) is 0 Å². The first-order valence-electron chi connectivity index (χ1n) is 9.92. The molecule has 3 amide bonds. The van der Waals surface area contributed by atoms with E-state index in [0.29, 0.717) is 25.4 Å². The van der Waals surface area contributed by atoms with Crippen molar-refractivity contribution in [3.05, 3.63) is 53.6 Å². The monoisotopic (exact) mass is 395 g/mol. The number of hydrogen-bond donors (Lipinski definition) is 2. The van der Waals surface area contributed by atoms with Crippen LogP contribution in [-0.2, 0) is 11.2 Å².